The molecule has 2 aromatic rings. The minimum atomic E-state index is -0.0813. The van der Waals surface area contributed by atoms with E-state index in [9.17, 15) is 9.59 Å². The minimum Gasteiger partial charge on any atom is -0.325 e. The first-order valence-corrected chi connectivity index (χ1v) is 9.46. The predicted octanol–water partition coefficient (Wildman–Crippen LogP) is 3.64. The molecule has 1 N–H and O–H groups in total. The molecule has 5 heteroatoms. The van der Waals surface area contributed by atoms with Crippen molar-refractivity contribution in [3.8, 4) is 0 Å². The molecule has 0 saturated heterocycles. The fourth-order valence-corrected chi connectivity index (χ4v) is 4.75. The summed E-state index contributed by atoms with van der Waals surface area (Å²) in [6.45, 7) is 2.37. The molecule has 0 saturated carbocycles. The lowest BCUT2D eigenvalue weighted by atomic mass is 10.0. The zero-order valence-corrected chi connectivity index (χ0v) is 14.9. The van der Waals surface area contributed by atoms with Crippen LogP contribution in [0.15, 0.2) is 47.4 Å². The number of anilines is 2. The number of benzene rings is 2. The number of rotatable bonds is 2. The van der Waals surface area contributed by atoms with Gasteiger partial charge in [-0.05, 0) is 54.7 Å². The molecule has 128 valence electrons. The summed E-state index contributed by atoms with van der Waals surface area (Å²) in [6, 6.07) is 14.0. The van der Waals surface area contributed by atoms with Crippen LogP contribution < -0.4 is 10.2 Å². The quantitative estimate of drug-likeness (QED) is 0.898. The van der Waals surface area contributed by atoms with Gasteiger partial charge in [-0.1, -0.05) is 18.2 Å². The van der Waals surface area contributed by atoms with Gasteiger partial charge in [-0.15, -0.1) is 11.8 Å². The average molecular weight is 352 g/mol. The summed E-state index contributed by atoms with van der Waals surface area (Å²) in [4.78, 5) is 27.4. The maximum absolute atomic E-state index is 12.6. The van der Waals surface area contributed by atoms with Crippen LogP contribution in [0.25, 0.3) is 0 Å². The van der Waals surface area contributed by atoms with Gasteiger partial charge in [0.05, 0.1) is 5.25 Å². The van der Waals surface area contributed by atoms with E-state index in [1.807, 2.05) is 35.2 Å². The van der Waals surface area contributed by atoms with E-state index in [-0.39, 0.29) is 17.1 Å². The molecule has 0 aromatic heterocycles. The third-order valence-electron chi connectivity index (χ3n) is 4.79. The average Bonchev–Trinajstić information content (AvgIpc) is 3.05. The molecule has 1 unspecified atom stereocenters. The second-order valence-corrected chi connectivity index (χ2v) is 7.77. The Balaban J connectivity index is 1.49. The summed E-state index contributed by atoms with van der Waals surface area (Å²) < 4.78 is 0. The van der Waals surface area contributed by atoms with Gasteiger partial charge in [0.1, 0.15) is 0 Å². The SMILES string of the molecule is CC(=O)N1CCCc2cc(NC(=O)C3Cc4ccccc4S3)ccc21. The number of thioether (sulfide) groups is 1. The molecule has 0 radical (unpaired) electrons. The molecular formula is C20H20N2O2S. The Labute approximate surface area is 151 Å². The van der Waals surface area contributed by atoms with Crippen molar-refractivity contribution < 1.29 is 9.59 Å². The van der Waals surface area contributed by atoms with Gasteiger partial charge >= 0.3 is 0 Å². The van der Waals surface area contributed by atoms with Gasteiger partial charge < -0.3 is 10.2 Å². The molecule has 2 amide bonds. The standard InChI is InChI=1S/C20H20N2O2S/c1-13(23)22-10-4-6-14-11-16(8-9-17(14)22)21-20(24)19-12-15-5-2-3-7-18(15)25-19/h2-3,5,7-9,11,19H,4,6,10,12H2,1H3,(H,21,24). The van der Waals surface area contributed by atoms with E-state index < -0.39 is 0 Å². The van der Waals surface area contributed by atoms with Crippen molar-refractivity contribution >= 4 is 35.0 Å². The lowest BCUT2D eigenvalue weighted by Gasteiger charge is -2.29. The summed E-state index contributed by atoms with van der Waals surface area (Å²) in [7, 11) is 0. The van der Waals surface area contributed by atoms with E-state index in [4.69, 9.17) is 0 Å². The van der Waals surface area contributed by atoms with Crippen LogP contribution in [0.1, 0.15) is 24.5 Å². The van der Waals surface area contributed by atoms with Gasteiger partial charge in [0.2, 0.25) is 11.8 Å². The van der Waals surface area contributed by atoms with Crippen molar-refractivity contribution in [2.45, 2.75) is 36.3 Å². The summed E-state index contributed by atoms with van der Waals surface area (Å²) in [5.74, 6) is 0.109. The molecule has 2 heterocycles. The van der Waals surface area contributed by atoms with Gasteiger partial charge in [-0.25, -0.2) is 0 Å². The Kier molecular flexibility index (Phi) is 4.25. The molecule has 1 atom stereocenters. The largest absolute Gasteiger partial charge is 0.325 e. The fraction of sp³-hybridized carbons (Fsp3) is 0.300. The number of nitrogens with zero attached hydrogens (tertiary/aromatic N) is 1. The monoisotopic (exact) mass is 352 g/mol. The maximum Gasteiger partial charge on any atom is 0.238 e. The van der Waals surface area contributed by atoms with E-state index in [1.54, 1.807) is 18.7 Å². The molecule has 4 rings (SSSR count). The third-order valence-corrected chi connectivity index (χ3v) is 6.10. The summed E-state index contributed by atoms with van der Waals surface area (Å²) >= 11 is 1.63. The van der Waals surface area contributed by atoms with Crippen LogP contribution in [0.2, 0.25) is 0 Å². The van der Waals surface area contributed by atoms with Crippen LogP contribution in [0.5, 0.6) is 0 Å². The first kappa shape index (κ1) is 16.2. The number of carbonyl (C=O) groups excluding carboxylic acids is 2. The topological polar surface area (TPSA) is 49.4 Å². The van der Waals surface area contributed by atoms with E-state index in [2.05, 4.69) is 17.4 Å². The second-order valence-electron chi connectivity index (χ2n) is 6.53. The minimum absolute atomic E-state index is 0.0420. The second kappa shape index (κ2) is 6.56. The Morgan fingerprint density at radius 2 is 2.00 bits per heavy atom. The number of hydrogen-bond acceptors (Lipinski definition) is 3. The van der Waals surface area contributed by atoms with Crippen LogP contribution in [0, 0.1) is 0 Å². The summed E-state index contributed by atoms with van der Waals surface area (Å²) in [5.41, 5.74) is 4.15. The smallest absolute Gasteiger partial charge is 0.238 e. The van der Waals surface area contributed by atoms with Crippen LogP contribution in [0.3, 0.4) is 0 Å². The van der Waals surface area contributed by atoms with Gasteiger partial charge in [-0.3, -0.25) is 9.59 Å². The number of carbonyl (C=O) groups is 2. The first-order valence-electron chi connectivity index (χ1n) is 8.58. The molecule has 4 nitrogen and oxygen atoms in total. The van der Waals surface area contributed by atoms with Crippen molar-refractivity contribution in [1.82, 2.24) is 0 Å². The molecule has 2 aromatic carbocycles. The lowest BCUT2D eigenvalue weighted by molar-refractivity contribution is -0.117. The van der Waals surface area contributed by atoms with Gasteiger partial charge in [0.15, 0.2) is 0 Å². The molecule has 0 fully saturated rings. The highest BCUT2D eigenvalue weighted by molar-refractivity contribution is 8.01. The van der Waals surface area contributed by atoms with Crippen molar-refractivity contribution in [2.75, 3.05) is 16.8 Å². The highest BCUT2D eigenvalue weighted by Gasteiger charge is 2.28. The highest BCUT2D eigenvalue weighted by Crippen LogP contribution is 2.37. The third kappa shape index (κ3) is 3.16. The normalized spacial score (nSPS) is 18.4. The Morgan fingerprint density at radius 1 is 1.16 bits per heavy atom. The molecule has 0 bridgehead atoms. The summed E-state index contributed by atoms with van der Waals surface area (Å²) in [6.07, 6.45) is 2.67. The fourth-order valence-electron chi connectivity index (χ4n) is 3.55. The number of fused-ring (bicyclic) bond motifs is 2. The highest BCUT2D eigenvalue weighted by atomic mass is 32.2. The van der Waals surface area contributed by atoms with Gasteiger partial charge in [-0.2, -0.15) is 0 Å². The van der Waals surface area contributed by atoms with E-state index in [0.29, 0.717) is 0 Å². The van der Waals surface area contributed by atoms with Crippen molar-refractivity contribution in [1.29, 1.82) is 0 Å². The molecule has 2 aliphatic rings. The number of aryl methyl sites for hydroxylation is 1. The molecule has 0 aliphatic carbocycles. The molecule has 2 aliphatic heterocycles. The van der Waals surface area contributed by atoms with Crippen molar-refractivity contribution in [3.05, 3.63) is 53.6 Å². The van der Waals surface area contributed by atoms with Crippen LogP contribution in [-0.4, -0.2) is 23.6 Å². The van der Waals surface area contributed by atoms with Gasteiger partial charge in [0.25, 0.3) is 0 Å². The van der Waals surface area contributed by atoms with E-state index in [1.165, 1.54) is 10.5 Å². The van der Waals surface area contributed by atoms with Crippen molar-refractivity contribution in [3.63, 3.8) is 0 Å². The maximum atomic E-state index is 12.6. The number of amides is 2. The van der Waals surface area contributed by atoms with Gasteiger partial charge in [0, 0.05) is 29.7 Å². The van der Waals surface area contributed by atoms with E-state index >= 15 is 0 Å². The molecule has 0 spiro atoms. The van der Waals surface area contributed by atoms with Crippen LogP contribution in [-0.2, 0) is 22.4 Å². The van der Waals surface area contributed by atoms with Crippen LogP contribution in [0.4, 0.5) is 11.4 Å². The molecular weight excluding hydrogens is 332 g/mol. The Morgan fingerprint density at radius 3 is 2.80 bits per heavy atom. The Bertz CT molecular complexity index is 824. The van der Waals surface area contributed by atoms with Crippen molar-refractivity contribution in [2.24, 2.45) is 0 Å². The first-order chi connectivity index (χ1) is 12.1. The number of nitrogens with one attached hydrogen (secondary N) is 1. The zero-order chi connectivity index (χ0) is 17.4. The predicted molar refractivity (Wildman–Crippen MR) is 101 cm³/mol. The van der Waals surface area contributed by atoms with E-state index in [0.717, 1.165) is 42.7 Å². The van der Waals surface area contributed by atoms with Crippen LogP contribution >= 0.6 is 11.8 Å². The lowest BCUT2D eigenvalue weighted by Crippen LogP contribution is -2.33. The molecule has 25 heavy (non-hydrogen) atoms. The summed E-state index contributed by atoms with van der Waals surface area (Å²) in [5, 5.41) is 2.97. The number of hydrogen-bond donors (Lipinski definition) is 1. The Hall–Kier alpha value is -2.27. The zero-order valence-electron chi connectivity index (χ0n) is 14.1.